The van der Waals surface area contributed by atoms with Crippen LogP contribution in [-0.4, -0.2) is 0 Å². The lowest BCUT2D eigenvalue weighted by molar-refractivity contribution is 0.660. The van der Waals surface area contributed by atoms with Gasteiger partial charge in [-0.3, -0.25) is 0 Å². The molecule has 1 aliphatic carbocycles. The van der Waals surface area contributed by atoms with Gasteiger partial charge in [0.1, 0.15) is 0 Å². The normalized spacial score (nSPS) is 13.1. The summed E-state index contributed by atoms with van der Waals surface area (Å²) in [6, 6.07) is 64.9. The Morgan fingerprint density at radius 1 is 0.412 bits per heavy atom. The van der Waals surface area contributed by atoms with Crippen LogP contribution >= 0.6 is 11.3 Å². The van der Waals surface area contributed by atoms with Gasteiger partial charge in [-0.05, 0) is 104 Å². The minimum atomic E-state index is -0.101. The van der Waals surface area contributed by atoms with Gasteiger partial charge >= 0.3 is 0 Å². The van der Waals surface area contributed by atoms with Crippen molar-refractivity contribution >= 4 is 59.3 Å². The van der Waals surface area contributed by atoms with Gasteiger partial charge in [0.15, 0.2) is 0 Å². The average Bonchev–Trinajstić information content (AvgIpc) is 3.66. The summed E-state index contributed by atoms with van der Waals surface area (Å²) < 4.78 is 2.62. The van der Waals surface area contributed by atoms with Crippen molar-refractivity contribution in [1.82, 2.24) is 0 Å². The smallest absolute Gasteiger partial charge is 0.0476 e. The molecule has 0 N–H and O–H groups in total. The van der Waals surface area contributed by atoms with Crippen LogP contribution in [0.3, 0.4) is 0 Å². The molecule has 2 heteroatoms. The molecule has 0 atom stereocenters. The van der Waals surface area contributed by atoms with Crippen LogP contribution in [0.1, 0.15) is 25.0 Å². The number of fused-ring (bicyclic) bond motifs is 7. The van der Waals surface area contributed by atoms with Crippen molar-refractivity contribution in [1.29, 1.82) is 0 Å². The fraction of sp³-hybridized carbons (Fsp3) is 0.0612. The molecule has 8 aromatic carbocycles. The van der Waals surface area contributed by atoms with E-state index in [1.54, 1.807) is 0 Å². The Balaban J connectivity index is 1.15. The van der Waals surface area contributed by atoms with Gasteiger partial charge in [-0.2, -0.15) is 0 Å². The molecule has 0 spiro atoms. The molecular formula is C49H35NS. The zero-order valence-corrected chi connectivity index (χ0v) is 29.4. The lowest BCUT2D eigenvalue weighted by Gasteiger charge is -2.27. The molecule has 0 saturated heterocycles. The highest BCUT2D eigenvalue weighted by Crippen LogP contribution is 2.54. The van der Waals surface area contributed by atoms with Gasteiger partial charge < -0.3 is 4.90 Å². The van der Waals surface area contributed by atoms with E-state index in [1.807, 2.05) is 11.3 Å². The Bertz CT molecular complexity index is 2770. The van der Waals surface area contributed by atoms with E-state index < -0.39 is 0 Å². The predicted molar refractivity (Wildman–Crippen MR) is 220 cm³/mol. The monoisotopic (exact) mass is 669 g/mol. The maximum absolute atomic E-state index is 2.43. The van der Waals surface area contributed by atoms with Gasteiger partial charge in [0.05, 0.1) is 0 Å². The second-order valence-electron chi connectivity index (χ2n) is 14.2. The number of nitrogens with zero attached hydrogens (tertiary/aromatic N) is 1. The molecule has 51 heavy (non-hydrogen) atoms. The average molecular weight is 670 g/mol. The molecule has 0 unspecified atom stereocenters. The van der Waals surface area contributed by atoms with Gasteiger partial charge in [-0.1, -0.05) is 141 Å². The standard InChI is InChI=1S/C49H35NS/c1-49(2)44-28-26-38(30-43(44)48-40(16-10-17-45(48)49)34-12-4-3-5-13-34)50(39-25-27-42-41-15-8-9-18-46(41)51-47(42)31-39)37-23-21-33(22-24-37)36-20-19-32-11-6-7-14-35(32)29-36/h3-31H,1-2H3. The molecule has 0 aliphatic heterocycles. The number of benzene rings is 8. The zero-order chi connectivity index (χ0) is 34.1. The Labute approximate surface area is 302 Å². The number of rotatable bonds is 5. The van der Waals surface area contributed by atoms with Crippen molar-refractivity contribution in [2.45, 2.75) is 19.3 Å². The molecule has 1 aromatic heterocycles. The Morgan fingerprint density at radius 3 is 1.96 bits per heavy atom. The molecule has 0 amide bonds. The summed E-state index contributed by atoms with van der Waals surface area (Å²) in [6.07, 6.45) is 0. The summed E-state index contributed by atoms with van der Waals surface area (Å²) >= 11 is 1.87. The topological polar surface area (TPSA) is 3.24 Å². The van der Waals surface area contributed by atoms with E-state index >= 15 is 0 Å². The molecule has 242 valence electrons. The maximum atomic E-state index is 2.43. The molecule has 1 heterocycles. The van der Waals surface area contributed by atoms with Crippen molar-refractivity contribution in [3.8, 4) is 33.4 Å². The number of hydrogen-bond acceptors (Lipinski definition) is 2. The highest BCUT2D eigenvalue weighted by Gasteiger charge is 2.37. The summed E-state index contributed by atoms with van der Waals surface area (Å²) in [6.45, 7) is 4.73. The van der Waals surface area contributed by atoms with Crippen LogP contribution in [-0.2, 0) is 5.41 Å². The minimum absolute atomic E-state index is 0.101. The van der Waals surface area contributed by atoms with E-state index in [2.05, 4.69) is 195 Å². The third-order valence-corrected chi connectivity index (χ3v) is 12.0. The summed E-state index contributed by atoms with van der Waals surface area (Å²) in [5, 5.41) is 5.15. The van der Waals surface area contributed by atoms with Crippen molar-refractivity contribution in [2.75, 3.05) is 4.90 Å². The lowest BCUT2D eigenvalue weighted by Crippen LogP contribution is -2.15. The molecular weight excluding hydrogens is 635 g/mol. The predicted octanol–water partition coefficient (Wildman–Crippen LogP) is 14.3. The van der Waals surface area contributed by atoms with E-state index in [1.165, 1.54) is 75.5 Å². The third-order valence-electron chi connectivity index (χ3n) is 10.9. The first-order chi connectivity index (χ1) is 25.0. The van der Waals surface area contributed by atoms with Gasteiger partial charge in [-0.25, -0.2) is 0 Å². The zero-order valence-electron chi connectivity index (χ0n) is 28.6. The number of thiophene rings is 1. The highest BCUT2D eigenvalue weighted by atomic mass is 32.1. The summed E-state index contributed by atoms with van der Waals surface area (Å²) in [5.74, 6) is 0. The molecule has 0 bridgehead atoms. The molecule has 0 radical (unpaired) electrons. The van der Waals surface area contributed by atoms with Crippen LogP contribution < -0.4 is 4.90 Å². The largest absolute Gasteiger partial charge is 0.310 e. The van der Waals surface area contributed by atoms with Crippen LogP contribution in [0.2, 0.25) is 0 Å². The van der Waals surface area contributed by atoms with Crippen LogP contribution in [0.5, 0.6) is 0 Å². The summed E-state index contributed by atoms with van der Waals surface area (Å²) in [4.78, 5) is 2.43. The van der Waals surface area contributed by atoms with E-state index in [9.17, 15) is 0 Å². The van der Waals surface area contributed by atoms with Gasteiger partial charge in [0.2, 0.25) is 0 Å². The SMILES string of the molecule is CC1(C)c2ccc(N(c3ccc(-c4ccc5ccccc5c4)cc3)c3ccc4c(c3)sc3ccccc34)cc2-c2c(-c3ccccc3)cccc21. The Morgan fingerprint density at radius 2 is 1.10 bits per heavy atom. The highest BCUT2D eigenvalue weighted by molar-refractivity contribution is 7.25. The van der Waals surface area contributed by atoms with E-state index in [-0.39, 0.29) is 5.41 Å². The molecule has 0 fully saturated rings. The van der Waals surface area contributed by atoms with Crippen LogP contribution in [0, 0.1) is 0 Å². The molecule has 1 aliphatic rings. The van der Waals surface area contributed by atoms with Gasteiger partial charge in [-0.15, -0.1) is 11.3 Å². The van der Waals surface area contributed by atoms with Crippen molar-refractivity contribution < 1.29 is 0 Å². The Kier molecular flexibility index (Phi) is 6.78. The molecule has 9 aromatic rings. The van der Waals surface area contributed by atoms with E-state index in [4.69, 9.17) is 0 Å². The fourth-order valence-corrected chi connectivity index (χ4v) is 9.40. The van der Waals surface area contributed by atoms with Crippen LogP contribution in [0.25, 0.3) is 64.3 Å². The number of hydrogen-bond donors (Lipinski definition) is 0. The quantitative estimate of drug-likeness (QED) is 0.176. The van der Waals surface area contributed by atoms with Gasteiger partial charge in [0, 0.05) is 42.6 Å². The Hall–Kier alpha value is -5.96. The van der Waals surface area contributed by atoms with Crippen LogP contribution in [0.4, 0.5) is 17.1 Å². The maximum Gasteiger partial charge on any atom is 0.0476 e. The molecule has 10 rings (SSSR count). The first-order valence-electron chi connectivity index (χ1n) is 17.7. The van der Waals surface area contributed by atoms with E-state index in [0.717, 1.165) is 17.1 Å². The summed E-state index contributed by atoms with van der Waals surface area (Å²) in [5.41, 5.74) is 13.7. The molecule has 0 saturated carbocycles. The van der Waals surface area contributed by atoms with Gasteiger partial charge in [0.25, 0.3) is 0 Å². The van der Waals surface area contributed by atoms with E-state index in [0.29, 0.717) is 0 Å². The van der Waals surface area contributed by atoms with Crippen molar-refractivity contribution in [2.24, 2.45) is 0 Å². The lowest BCUT2D eigenvalue weighted by atomic mass is 9.82. The second-order valence-corrected chi connectivity index (χ2v) is 15.3. The van der Waals surface area contributed by atoms with Crippen LogP contribution in [0.15, 0.2) is 176 Å². The van der Waals surface area contributed by atoms with Crippen molar-refractivity contribution in [3.05, 3.63) is 187 Å². The number of anilines is 3. The molecule has 1 nitrogen and oxygen atoms in total. The first kappa shape index (κ1) is 29.9. The third kappa shape index (κ3) is 4.82. The fourth-order valence-electron chi connectivity index (χ4n) is 8.26. The van der Waals surface area contributed by atoms with Crippen molar-refractivity contribution in [3.63, 3.8) is 0 Å². The first-order valence-corrected chi connectivity index (χ1v) is 18.5. The minimum Gasteiger partial charge on any atom is -0.310 e. The second kappa shape index (κ2) is 11.6. The summed E-state index contributed by atoms with van der Waals surface area (Å²) in [7, 11) is 0.